The first-order valence-electron chi connectivity index (χ1n) is 6.87. The molecule has 2 aromatic rings. The summed E-state index contributed by atoms with van der Waals surface area (Å²) in [4.78, 5) is 2.14. The summed E-state index contributed by atoms with van der Waals surface area (Å²) >= 11 is 0. The summed E-state index contributed by atoms with van der Waals surface area (Å²) in [5.74, 6) is 0. The first kappa shape index (κ1) is 14.7. The van der Waals surface area contributed by atoms with Crippen molar-refractivity contribution in [3.63, 3.8) is 0 Å². The van der Waals surface area contributed by atoms with Crippen LogP contribution in [-0.4, -0.2) is 34.4 Å². The van der Waals surface area contributed by atoms with E-state index in [2.05, 4.69) is 29.2 Å². The van der Waals surface area contributed by atoms with Gasteiger partial charge in [-0.2, -0.15) is 0 Å². The van der Waals surface area contributed by atoms with Crippen molar-refractivity contribution in [3.05, 3.63) is 71.8 Å². The molecular formula is C17H21NO2. The fourth-order valence-electron chi connectivity index (χ4n) is 2.22. The van der Waals surface area contributed by atoms with E-state index in [4.69, 9.17) is 5.11 Å². The second-order valence-corrected chi connectivity index (χ2v) is 4.98. The highest BCUT2D eigenvalue weighted by Gasteiger charge is 2.12. The number of hydrogen-bond acceptors (Lipinski definition) is 3. The van der Waals surface area contributed by atoms with Crippen molar-refractivity contribution in [1.29, 1.82) is 0 Å². The molecule has 0 heterocycles. The third-order valence-electron chi connectivity index (χ3n) is 3.18. The summed E-state index contributed by atoms with van der Waals surface area (Å²) in [6, 6.07) is 20.3. The zero-order valence-corrected chi connectivity index (χ0v) is 11.5. The molecule has 0 spiro atoms. The molecule has 0 aliphatic carbocycles. The van der Waals surface area contributed by atoms with Gasteiger partial charge in [-0.05, 0) is 11.1 Å². The van der Waals surface area contributed by atoms with Crippen LogP contribution in [0.25, 0.3) is 0 Å². The molecule has 106 valence electrons. The third-order valence-corrected chi connectivity index (χ3v) is 3.18. The van der Waals surface area contributed by atoms with Crippen molar-refractivity contribution < 1.29 is 10.2 Å². The van der Waals surface area contributed by atoms with Gasteiger partial charge in [-0.1, -0.05) is 60.7 Å². The van der Waals surface area contributed by atoms with Crippen LogP contribution in [0.3, 0.4) is 0 Å². The highest BCUT2D eigenvalue weighted by molar-refractivity contribution is 5.17. The molecule has 20 heavy (non-hydrogen) atoms. The van der Waals surface area contributed by atoms with Crippen LogP contribution >= 0.6 is 0 Å². The van der Waals surface area contributed by atoms with Crippen LogP contribution in [-0.2, 0) is 13.1 Å². The molecule has 3 nitrogen and oxygen atoms in total. The van der Waals surface area contributed by atoms with E-state index in [-0.39, 0.29) is 6.61 Å². The number of rotatable bonds is 7. The molecule has 0 aromatic heterocycles. The molecule has 0 unspecified atom stereocenters. The summed E-state index contributed by atoms with van der Waals surface area (Å²) in [6.45, 7) is 1.76. The fraction of sp³-hybridized carbons (Fsp3) is 0.294. The van der Waals surface area contributed by atoms with Gasteiger partial charge in [0.15, 0.2) is 0 Å². The van der Waals surface area contributed by atoms with E-state index in [0.29, 0.717) is 6.54 Å². The van der Waals surface area contributed by atoms with Gasteiger partial charge in [0.25, 0.3) is 0 Å². The van der Waals surface area contributed by atoms with Crippen LogP contribution in [0.1, 0.15) is 11.1 Å². The zero-order valence-electron chi connectivity index (χ0n) is 11.5. The van der Waals surface area contributed by atoms with Crippen LogP contribution in [0.15, 0.2) is 60.7 Å². The molecule has 1 atom stereocenters. The maximum absolute atomic E-state index is 9.69. The third kappa shape index (κ3) is 4.78. The Bertz CT molecular complexity index is 445. The lowest BCUT2D eigenvalue weighted by Gasteiger charge is -2.24. The molecule has 2 aromatic carbocycles. The fourth-order valence-corrected chi connectivity index (χ4v) is 2.22. The Morgan fingerprint density at radius 2 is 1.25 bits per heavy atom. The molecular weight excluding hydrogens is 250 g/mol. The molecule has 2 N–H and O–H groups in total. The van der Waals surface area contributed by atoms with Gasteiger partial charge < -0.3 is 10.2 Å². The molecule has 0 amide bonds. The number of benzene rings is 2. The Kier molecular flexibility index (Phi) is 5.74. The Hall–Kier alpha value is -1.68. The van der Waals surface area contributed by atoms with Gasteiger partial charge in [0, 0.05) is 19.6 Å². The van der Waals surface area contributed by atoms with Crippen LogP contribution in [0, 0.1) is 0 Å². The van der Waals surface area contributed by atoms with Crippen LogP contribution in [0.5, 0.6) is 0 Å². The summed E-state index contributed by atoms with van der Waals surface area (Å²) in [5, 5.41) is 18.7. The lowest BCUT2D eigenvalue weighted by atomic mass is 10.1. The first-order valence-corrected chi connectivity index (χ1v) is 6.87. The smallest absolute Gasteiger partial charge is 0.0897 e. The standard InChI is InChI=1S/C17H21NO2/c19-14-17(20)13-18(11-15-7-3-1-4-8-15)12-16-9-5-2-6-10-16/h1-10,17,19-20H,11-14H2/t17-/m0/s1. The van der Waals surface area contributed by atoms with E-state index >= 15 is 0 Å². The quantitative estimate of drug-likeness (QED) is 0.810. The van der Waals surface area contributed by atoms with Gasteiger partial charge in [0.1, 0.15) is 0 Å². The van der Waals surface area contributed by atoms with E-state index in [1.165, 1.54) is 11.1 Å². The number of aliphatic hydroxyl groups excluding tert-OH is 2. The molecule has 0 fully saturated rings. The summed E-state index contributed by atoms with van der Waals surface area (Å²) in [6.07, 6.45) is -0.706. The number of aliphatic hydroxyl groups is 2. The van der Waals surface area contributed by atoms with Crippen molar-refractivity contribution in [2.45, 2.75) is 19.2 Å². The van der Waals surface area contributed by atoms with Gasteiger partial charge in [-0.3, -0.25) is 4.90 Å². The maximum atomic E-state index is 9.69. The predicted octanol–water partition coefficient (Wildman–Crippen LogP) is 2.04. The van der Waals surface area contributed by atoms with Gasteiger partial charge in [-0.15, -0.1) is 0 Å². The molecule has 0 aliphatic heterocycles. The monoisotopic (exact) mass is 271 g/mol. The summed E-state index contributed by atoms with van der Waals surface area (Å²) < 4.78 is 0. The minimum Gasteiger partial charge on any atom is -0.394 e. The second kappa shape index (κ2) is 7.80. The van der Waals surface area contributed by atoms with Crippen molar-refractivity contribution in [2.75, 3.05) is 13.2 Å². The Balaban J connectivity index is 2.04. The molecule has 3 heteroatoms. The molecule has 2 rings (SSSR count). The van der Waals surface area contributed by atoms with Crippen molar-refractivity contribution in [2.24, 2.45) is 0 Å². The van der Waals surface area contributed by atoms with Crippen molar-refractivity contribution in [1.82, 2.24) is 4.90 Å². The van der Waals surface area contributed by atoms with Gasteiger partial charge in [-0.25, -0.2) is 0 Å². The van der Waals surface area contributed by atoms with Gasteiger partial charge >= 0.3 is 0 Å². The molecule has 0 aliphatic rings. The van der Waals surface area contributed by atoms with Crippen molar-refractivity contribution in [3.8, 4) is 0 Å². The molecule has 0 saturated carbocycles. The largest absolute Gasteiger partial charge is 0.394 e. The topological polar surface area (TPSA) is 43.7 Å². The van der Waals surface area contributed by atoms with E-state index in [9.17, 15) is 5.11 Å². The summed E-state index contributed by atoms with van der Waals surface area (Å²) in [7, 11) is 0. The molecule has 0 saturated heterocycles. The minimum atomic E-state index is -0.706. The molecule has 0 radical (unpaired) electrons. The number of hydrogen-bond donors (Lipinski definition) is 2. The highest BCUT2D eigenvalue weighted by Crippen LogP contribution is 2.10. The lowest BCUT2D eigenvalue weighted by Crippen LogP contribution is -2.33. The van der Waals surface area contributed by atoms with E-state index < -0.39 is 6.10 Å². The Morgan fingerprint density at radius 1 is 0.800 bits per heavy atom. The predicted molar refractivity (Wildman–Crippen MR) is 80.1 cm³/mol. The Morgan fingerprint density at radius 3 is 1.65 bits per heavy atom. The number of nitrogens with zero attached hydrogens (tertiary/aromatic N) is 1. The van der Waals surface area contributed by atoms with E-state index in [1.54, 1.807) is 0 Å². The van der Waals surface area contributed by atoms with E-state index in [1.807, 2.05) is 36.4 Å². The lowest BCUT2D eigenvalue weighted by molar-refractivity contribution is 0.0542. The second-order valence-electron chi connectivity index (χ2n) is 4.98. The normalized spacial score (nSPS) is 12.6. The summed E-state index contributed by atoms with van der Waals surface area (Å²) in [5.41, 5.74) is 2.40. The van der Waals surface area contributed by atoms with Crippen molar-refractivity contribution >= 4 is 0 Å². The SMILES string of the molecule is OC[C@@H](O)CN(Cc1ccccc1)Cc1ccccc1. The van der Waals surface area contributed by atoms with E-state index in [0.717, 1.165) is 13.1 Å². The van der Waals surface area contributed by atoms with Crippen LogP contribution in [0.4, 0.5) is 0 Å². The zero-order chi connectivity index (χ0) is 14.2. The Labute approximate surface area is 120 Å². The maximum Gasteiger partial charge on any atom is 0.0897 e. The minimum absolute atomic E-state index is 0.208. The van der Waals surface area contributed by atoms with Crippen LogP contribution < -0.4 is 0 Å². The highest BCUT2D eigenvalue weighted by atomic mass is 16.3. The average Bonchev–Trinajstić information content (AvgIpc) is 2.49. The van der Waals surface area contributed by atoms with Crippen LogP contribution in [0.2, 0.25) is 0 Å². The van der Waals surface area contributed by atoms with Gasteiger partial charge in [0.2, 0.25) is 0 Å². The van der Waals surface area contributed by atoms with Gasteiger partial charge in [0.05, 0.1) is 12.7 Å². The first-order chi connectivity index (χ1) is 9.78. The molecule has 0 bridgehead atoms. The average molecular weight is 271 g/mol.